The SMILES string of the molecule is Cc1ccc(Br)cc1S(=O)(=O)N1C[C@@H](O)[C@@H](O)C1. The van der Waals surface area contributed by atoms with E-state index in [2.05, 4.69) is 15.9 Å². The predicted octanol–water partition coefficient (Wildman–Crippen LogP) is 0.484. The Morgan fingerprint density at radius 2 is 1.83 bits per heavy atom. The second kappa shape index (κ2) is 4.90. The van der Waals surface area contributed by atoms with Gasteiger partial charge in [-0.15, -0.1) is 0 Å². The summed E-state index contributed by atoms with van der Waals surface area (Å²) in [5.74, 6) is 0. The second-order valence-corrected chi connectivity index (χ2v) is 7.19. The van der Waals surface area contributed by atoms with Gasteiger partial charge in [0, 0.05) is 17.6 Å². The lowest BCUT2D eigenvalue weighted by molar-refractivity contribution is 0.0572. The molecule has 0 saturated carbocycles. The summed E-state index contributed by atoms with van der Waals surface area (Å²) >= 11 is 3.24. The van der Waals surface area contributed by atoms with Gasteiger partial charge in [-0.25, -0.2) is 8.42 Å². The summed E-state index contributed by atoms with van der Waals surface area (Å²) in [4.78, 5) is 0.193. The van der Waals surface area contributed by atoms with Crippen LogP contribution < -0.4 is 0 Å². The normalized spacial score (nSPS) is 25.6. The first-order valence-electron chi connectivity index (χ1n) is 5.45. The van der Waals surface area contributed by atoms with Gasteiger partial charge in [0.05, 0.1) is 17.1 Å². The zero-order chi connectivity index (χ0) is 13.5. The van der Waals surface area contributed by atoms with Crippen LogP contribution in [-0.4, -0.2) is 48.2 Å². The highest BCUT2D eigenvalue weighted by Gasteiger charge is 2.38. The maximum absolute atomic E-state index is 12.4. The molecule has 1 aliphatic rings. The Morgan fingerprint density at radius 3 is 2.39 bits per heavy atom. The summed E-state index contributed by atoms with van der Waals surface area (Å²) in [6.07, 6.45) is -2.04. The van der Waals surface area contributed by atoms with Crippen molar-refractivity contribution >= 4 is 26.0 Å². The van der Waals surface area contributed by atoms with Gasteiger partial charge in [0.25, 0.3) is 0 Å². The summed E-state index contributed by atoms with van der Waals surface area (Å²) in [6, 6.07) is 5.00. The third kappa shape index (κ3) is 2.46. The minimum absolute atomic E-state index is 0.0740. The molecule has 100 valence electrons. The molecule has 2 rings (SSSR count). The first-order chi connectivity index (χ1) is 8.32. The highest BCUT2D eigenvalue weighted by atomic mass is 79.9. The summed E-state index contributed by atoms with van der Waals surface area (Å²) in [6.45, 7) is 1.56. The van der Waals surface area contributed by atoms with Gasteiger partial charge in [-0.05, 0) is 24.6 Å². The van der Waals surface area contributed by atoms with Gasteiger partial charge in [0.1, 0.15) is 0 Å². The molecule has 1 aliphatic heterocycles. The summed E-state index contributed by atoms with van der Waals surface area (Å²) in [5, 5.41) is 18.9. The van der Waals surface area contributed by atoms with E-state index in [4.69, 9.17) is 0 Å². The zero-order valence-electron chi connectivity index (χ0n) is 9.75. The van der Waals surface area contributed by atoms with Gasteiger partial charge in [0.15, 0.2) is 0 Å². The van der Waals surface area contributed by atoms with Gasteiger partial charge in [-0.3, -0.25) is 0 Å². The third-order valence-electron chi connectivity index (χ3n) is 2.99. The van der Waals surface area contributed by atoms with Crippen LogP contribution in [0.15, 0.2) is 27.6 Å². The van der Waals surface area contributed by atoms with E-state index in [1.165, 1.54) is 6.07 Å². The molecule has 2 atom stereocenters. The largest absolute Gasteiger partial charge is 0.389 e. The van der Waals surface area contributed by atoms with E-state index in [0.717, 1.165) is 4.31 Å². The fourth-order valence-corrected chi connectivity index (χ4v) is 4.16. The highest BCUT2D eigenvalue weighted by Crippen LogP contribution is 2.26. The van der Waals surface area contributed by atoms with Gasteiger partial charge in [0.2, 0.25) is 10.0 Å². The van der Waals surface area contributed by atoms with Crippen LogP contribution in [-0.2, 0) is 10.0 Å². The molecule has 0 radical (unpaired) electrons. The van der Waals surface area contributed by atoms with E-state index in [1.54, 1.807) is 19.1 Å². The predicted molar refractivity (Wildman–Crippen MR) is 69.7 cm³/mol. The number of halogens is 1. The van der Waals surface area contributed by atoms with Gasteiger partial charge in [-0.2, -0.15) is 4.31 Å². The second-order valence-electron chi connectivity index (χ2n) is 4.37. The monoisotopic (exact) mass is 335 g/mol. The van der Waals surface area contributed by atoms with Crippen molar-refractivity contribution in [2.75, 3.05) is 13.1 Å². The molecule has 2 N–H and O–H groups in total. The fourth-order valence-electron chi connectivity index (χ4n) is 1.92. The van der Waals surface area contributed by atoms with Crippen molar-refractivity contribution in [3.8, 4) is 0 Å². The van der Waals surface area contributed by atoms with Crippen LogP contribution in [0.1, 0.15) is 5.56 Å². The van der Waals surface area contributed by atoms with Crippen molar-refractivity contribution in [3.63, 3.8) is 0 Å². The van der Waals surface area contributed by atoms with E-state index in [1.807, 2.05) is 0 Å². The van der Waals surface area contributed by atoms with Crippen LogP contribution in [0, 0.1) is 6.92 Å². The zero-order valence-corrected chi connectivity index (χ0v) is 12.1. The molecule has 0 aliphatic carbocycles. The number of aliphatic hydroxyl groups excluding tert-OH is 2. The van der Waals surface area contributed by atoms with Crippen molar-refractivity contribution in [2.24, 2.45) is 0 Å². The molecule has 18 heavy (non-hydrogen) atoms. The van der Waals surface area contributed by atoms with Crippen LogP contribution in [0.25, 0.3) is 0 Å². The van der Waals surface area contributed by atoms with E-state index < -0.39 is 22.2 Å². The smallest absolute Gasteiger partial charge is 0.243 e. The van der Waals surface area contributed by atoms with Crippen LogP contribution in [0.2, 0.25) is 0 Å². The molecule has 0 spiro atoms. The number of benzene rings is 1. The topological polar surface area (TPSA) is 77.8 Å². The van der Waals surface area contributed by atoms with Crippen molar-refractivity contribution in [2.45, 2.75) is 24.0 Å². The molecule has 0 aromatic heterocycles. The number of rotatable bonds is 2. The summed E-state index contributed by atoms with van der Waals surface area (Å²) < 4.78 is 26.5. The average Bonchev–Trinajstić information content (AvgIpc) is 2.63. The van der Waals surface area contributed by atoms with Gasteiger partial charge < -0.3 is 10.2 Å². The number of β-amino-alcohol motifs (C(OH)–C–C–N with tert-alkyl or cyclic N) is 2. The van der Waals surface area contributed by atoms with Crippen LogP contribution in [0.5, 0.6) is 0 Å². The maximum atomic E-state index is 12.4. The summed E-state index contributed by atoms with van der Waals surface area (Å²) in [5.41, 5.74) is 0.633. The third-order valence-corrected chi connectivity index (χ3v) is 5.46. The molecule has 1 aromatic rings. The molecule has 0 unspecified atom stereocenters. The summed E-state index contributed by atoms with van der Waals surface area (Å²) in [7, 11) is -3.67. The molecular weight excluding hydrogens is 322 g/mol. The minimum Gasteiger partial charge on any atom is -0.389 e. The van der Waals surface area contributed by atoms with E-state index in [0.29, 0.717) is 10.0 Å². The molecule has 1 saturated heterocycles. The average molecular weight is 336 g/mol. The van der Waals surface area contributed by atoms with Crippen molar-refractivity contribution in [1.82, 2.24) is 4.31 Å². The molecule has 1 fully saturated rings. The standard InChI is InChI=1S/C11H14BrNO4S/c1-7-2-3-8(12)4-11(7)18(16,17)13-5-9(14)10(15)6-13/h2-4,9-10,14-15H,5-6H2,1H3/t9-,10+. The quantitative estimate of drug-likeness (QED) is 0.824. The molecule has 5 nitrogen and oxygen atoms in total. The van der Waals surface area contributed by atoms with Gasteiger partial charge >= 0.3 is 0 Å². The molecular formula is C11H14BrNO4S. The first-order valence-corrected chi connectivity index (χ1v) is 7.68. The highest BCUT2D eigenvalue weighted by molar-refractivity contribution is 9.10. The lowest BCUT2D eigenvalue weighted by atomic mass is 10.2. The van der Waals surface area contributed by atoms with E-state index in [9.17, 15) is 18.6 Å². The molecule has 1 heterocycles. The fraction of sp³-hybridized carbons (Fsp3) is 0.455. The Kier molecular flexibility index (Phi) is 3.80. The Morgan fingerprint density at radius 1 is 1.28 bits per heavy atom. The minimum atomic E-state index is -3.67. The van der Waals surface area contributed by atoms with E-state index >= 15 is 0 Å². The maximum Gasteiger partial charge on any atom is 0.243 e. The van der Waals surface area contributed by atoms with Crippen molar-refractivity contribution in [3.05, 3.63) is 28.2 Å². The van der Waals surface area contributed by atoms with Crippen LogP contribution in [0.4, 0.5) is 0 Å². The Bertz CT molecular complexity index is 550. The molecule has 7 heteroatoms. The molecule has 1 aromatic carbocycles. The number of aliphatic hydroxyl groups is 2. The van der Waals surface area contributed by atoms with Crippen LogP contribution >= 0.6 is 15.9 Å². The number of aryl methyl sites for hydroxylation is 1. The number of nitrogens with zero attached hydrogens (tertiary/aromatic N) is 1. The Balaban J connectivity index is 2.40. The molecule has 0 bridgehead atoms. The Hall–Kier alpha value is -0.470. The van der Waals surface area contributed by atoms with Crippen molar-refractivity contribution < 1.29 is 18.6 Å². The molecule has 0 amide bonds. The lowest BCUT2D eigenvalue weighted by Crippen LogP contribution is -2.30. The number of sulfonamides is 1. The number of hydrogen-bond donors (Lipinski definition) is 2. The van der Waals surface area contributed by atoms with Crippen molar-refractivity contribution in [1.29, 1.82) is 0 Å². The lowest BCUT2D eigenvalue weighted by Gasteiger charge is -2.17. The van der Waals surface area contributed by atoms with E-state index in [-0.39, 0.29) is 18.0 Å². The number of hydrogen-bond acceptors (Lipinski definition) is 4. The van der Waals surface area contributed by atoms with Gasteiger partial charge in [-0.1, -0.05) is 22.0 Å². The Labute approximate surface area is 114 Å². The first kappa shape index (κ1) is 14.0. The van der Waals surface area contributed by atoms with Crippen LogP contribution in [0.3, 0.4) is 0 Å².